The molecule has 0 saturated carbocycles. The SMILES string of the molecule is O=C(NNc1ncc(C(F)(F)F)cc1Cl)c1cccn1-c1nc(C(F)(F)F)ccc1Cl. The van der Waals surface area contributed by atoms with Crippen LogP contribution >= 0.6 is 23.2 Å². The van der Waals surface area contributed by atoms with Crippen molar-refractivity contribution in [1.29, 1.82) is 0 Å². The summed E-state index contributed by atoms with van der Waals surface area (Å²) in [6.45, 7) is 0. The lowest BCUT2D eigenvalue weighted by molar-refractivity contribution is -0.141. The quantitative estimate of drug-likeness (QED) is 0.386. The maximum absolute atomic E-state index is 13.0. The summed E-state index contributed by atoms with van der Waals surface area (Å²) in [4.78, 5) is 19.4. The minimum Gasteiger partial charge on any atom is -0.295 e. The molecule has 3 aromatic heterocycles. The summed E-state index contributed by atoms with van der Waals surface area (Å²) in [5, 5.41) is -0.577. The number of nitrogens with zero attached hydrogens (tertiary/aromatic N) is 3. The Morgan fingerprint density at radius 2 is 1.71 bits per heavy atom. The Morgan fingerprint density at radius 3 is 2.32 bits per heavy atom. The van der Waals surface area contributed by atoms with Crippen LogP contribution in [0.15, 0.2) is 42.7 Å². The van der Waals surface area contributed by atoms with Crippen molar-refractivity contribution in [3.63, 3.8) is 0 Å². The topological polar surface area (TPSA) is 71.8 Å². The molecule has 6 nitrogen and oxygen atoms in total. The first kappa shape index (κ1) is 22.7. The predicted octanol–water partition coefficient (Wildman–Crippen LogP) is 5.37. The number of halogens is 8. The van der Waals surface area contributed by atoms with Gasteiger partial charge in [-0.15, -0.1) is 0 Å². The summed E-state index contributed by atoms with van der Waals surface area (Å²) in [5.74, 6) is -1.51. The number of amides is 1. The Hall–Kier alpha value is -2.99. The van der Waals surface area contributed by atoms with E-state index in [4.69, 9.17) is 23.2 Å². The van der Waals surface area contributed by atoms with E-state index in [1.807, 2.05) is 0 Å². The molecule has 2 N–H and O–H groups in total. The molecule has 0 saturated heterocycles. The second kappa shape index (κ2) is 8.27. The van der Waals surface area contributed by atoms with Gasteiger partial charge in [0.15, 0.2) is 11.6 Å². The molecule has 164 valence electrons. The van der Waals surface area contributed by atoms with Gasteiger partial charge in [-0.1, -0.05) is 23.2 Å². The van der Waals surface area contributed by atoms with Crippen LogP contribution in [-0.4, -0.2) is 20.4 Å². The van der Waals surface area contributed by atoms with Crippen molar-refractivity contribution in [2.24, 2.45) is 0 Å². The zero-order valence-electron chi connectivity index (χ0n) is 14.8. The number of carbonyl (C=O) groups excluding carboxylic acids is 1. The number of nitrogens with one attached hydrogen (secondary N) is 2. The molecule has 1 amide bonds. The molecular formula is C17H9Cl2F6N5O. The van der Waals surface area contributed by atoms with Crippen LogP contribution in [-0.2, 0) is 12.4 Å². The van der Waals surface area contributed by atoms with Crippen molar-refractivity contribution < 1.29 is 31.1 Å². The summed E-state index contributed by atoms with van der Waals surface area (Å²) < 4.78 is 77.9. The number of hydrogen-bond donors (Lipinski definition) is 2. The molecule has 0 fully saturated rings. The van der Waals surface area contributed by atoms with Crippen LogP contribution in [0.4, 0.5) is 32.2 Å². The summed E-state index contributed by atoms with van der Waals surface area (Å²) in [5.41, 5.74) is 1.91. The largest absolute Gasteiger partial charge is 0.433 e. The summed E-state index contributed by atoms with van der Waals surface area (Å²) >= 11 is 11.7. The third-order valence-corrected chi connectivity index (χ3v) is 4.37. The van der Waals surface area contributed by atoms with Gasteiger partial charge in [-0.3, -0.25) is 20.2 Å². The molecule has 0 unspecified atom stereocenters. The van der Waals surface area contributed by atoms with Crippen LogP contribution in [0.25, 0.3) is 5.82 Å². The van der Waals surface area contributed by atoms with Gasteiger partial charge in [-0.25, -0.2) is 9.97 Å². The second-order valence-corrected chi connectivity index (χ2v) is 6.71. The van der Waals surface area contributed by atoms with Crippen molar-refractivity contribution in [1.82, 2.24) is 20.0 Å². The van der Waals surface area contributed by atoms with Crippen LogP contribution in [0.2, 0.25) is 10.0 Å². The van der Waals surface area contributed by atoms with Crippen LogP contribution < -0.4 is 10.9 Å². The van der Waals surface area contributed by atoms with Gasteiger partial charge in [-0.05, 0) is 30.3 Å². The Labute approximate surface area is 179 Å². The van der Waals surface area contributed by atoms with Gasteiger partial charge in [0.05, 0.1) is 15.6 Å². The third-order valence-electron chi connectivity index (χ3n) is 3.79. The standard InChI is InChI=1S/C17H9Cl2F6N5O/c18-9-3-4-12(17(23,24)25)27-14(9)30-5-1-2-11(30)15(31)29-28-13-10(19)6-8(7-26-13)16(20,21)22/h1-7H,(H,26,28)(H,29,31). The highest BCUT2D eigenvalue weighted by Crippen LogP contribution is 2.33. The van der Waals surface area contributed by atoms with E-state index in [1.165, 1.54) is 18.3 Å². The number of aromatic nitrogens is 3. The molecule has 0 aliphatic carbocycles. The molecule has 3 aromatic rings. The number of hydrazine groups is 1. The van der Waals surface area contributed by atoms with Crippen LogP contribution in [0.5, 0.6) is 0 Å². The van der Waals surface area contributed by atoms with E-state index >= 15 is 0 Å². The Balaban J connectivity index is 1.83. The fourth-order valence-corrected chi connectivity index (χ4v) is 2.78. The van der Waals surface area contributed by atoms with Gasteiger partial charge >= 0.3 is 12.4 Å². The van der Waals surface area contributed by atoms with E-state index in [0.29, 0.717) is 18.3 Å². The molecule has 0 aromatic carbocycles. The number of anilines is 1. The molecule has 0 bridgehead atoms. The van der Waals surface area contributed by atoms with Crippen molar-refractivity contribution >= 4 is 34.9 Å². The monoisotopic (exact) mass is 483 g/mol. The fraction of sp³-hybridized carbons (Fsp3) is 0.118. The average molecular weight is 484 g/mol. The van der Waals surface area contributed by atoms with Crippen molar-refractivity contribution in [2.75, 3.05) is 5.43 Å². The van der Waals surface area contributed by atoms with E-state index in [9.17, 15) is 31.1 Å². The normalized spacial score (nSPS) is 12.0. The number of carbonyl (C=O) groups is 1. The van der Waals surface area contributed by atoms with E-state index in [1.54, 1.807) is 0 Å². The van der Waals surface area contributed by atoms with E-state index in [-0.39, 0.29) is 22.4 Å². The van der Waals surface area contributed by atoms with E-state index in [0.717, 1.165) is 10.6 Å². The molecule has 31 heavy (non-hydrogen) atoms. The smallest absolute Gasteiger partial charge is 0.295 e. The van der Waals surface area contributed by atoms with Gasteiger partial charge in [0, 0.05) is 12.4 Å². The lowest BCUT2D eigenvalue weighted by atomic mass is 10.3. The molecule has 0 atom stereocenters. The first-order valence-corrected chi connectivity index (χ1v) is 8.84. The number of alkyl halides is 6. The Kier molecular flexibility index (Phi) is 6.05. The predicted molar refractivity (Wildman–Crippen MR) is 98.9 cm³/mol. The van der Waals surface area contributed by atoms with E-state index in [2.05, 4.69) is 20.8 Å². The highest BCUT2D eigenvalue weighted by molar-refractivity contribution is 6.33. The Bertz CT molecular complexity index is 1130. The number of hydrogen-bond acceptors (Lipinski definition) is 4. The zero-order valence-corrected chi connectivity index (χ0v) is 16.3. The van der Waals surface area contributed by atoms with Crippen LogP contribution in [0.3, 0.4) is 0 Å². The third kappa shape index (κ3) is 5.02. The van der Waals surface area contributed by atoms with E-state index < -0.39 is 34.5 Å². The summed E-state index contributed by atoms with van der Waals surface area (Å²) in [6.07, 6.45) is -7.63. The maximum atomic E-state index is 13.0. The van der Waals surface area contributed by atoms with Crippen LogP contribution in [0.1, 0.15) is 21.7 Å². The van der Waals surface area contributed by atoms with Gasteiger partial charge in [0.25, 0.3) is 5.91 Å². The van der Waals surface area contributed by atoms with Gasteiger partial charge in [0.2, 0.25) is 0 Å². The second-order valence-electron chi connectivity index (χ2n) is 5.89. The Morgan fingerprint density at radius 1 is 1.00 bits per heavy atom. The molecule has 3 heterocycles. The maximum Gasteiger partial charge on any atom is 0.433 e. The highest BCUT2D eigenvalue weighted by atomic mass is 35.5. The minimum atomic E-state index is -4.73. The first-order valence-electron chi connectivity index (χ1n) is 8.08. The summed E-state index contributed by atoms with van der Waals surface area (Å²) in [7, 11) is 0. The van der Waals surface area contributed by atoms with Gasteiger partial charge < -0.3 is 0 Å². The first-order chi connectivity index (χ1) is 14.4. The minimum absolute atomic E-state index is 0.154. The molecule has 0 aliphatic rings. The van der Waals surface area contributed by atoms with Crippen LogP contribution in [0, 0.1) is 0 Å². The number of pyridine rings is 2. The molecule has 0 spiro atoms. The molecule has 0 aliphatic heterocycles. The summed E-state index contributed by atoms with van der Waals surface area (Å²) in [6, 6.07) is 4.90. The van der Waals surface area contributed by atoms with Gasteiger partial charge in [-0.2, -0.15) is 26.3 Å². The average Bonchev–Trinajstić information content (AvgIpc) is 3.15. The number of rotatable bonds is 4. The molecule has 0 radical (unpaired) electrons. The fourth-order valence-electron chi connectivity index (χ4n) is 2.37. The molecule has 14 heteroatoms. The highest BCUT2D eigenvalue weighted by Gasteiger charge is 2.34. The van der Waals surface area contributed by atoms with Crippen molar-refractivity contribution in [3.05, 3.63) is 69.7 Å². The lowest BCUT2D eigenvalue weighted by Gasteiger charge is -2.14. The van der Waals surface area contributed by atoms with Gasteiger partial charge in [0.1, 0.15) is 11.4 Å². The molecule has 3 rings (SSSR count). The zero-order chi connectivity index (χ0) is 23.0. The lowest BCUT2D eigenvalue weighted by Crippen LogP contribution is -2.31. The van der Waals surface area contributed by atoms with Crippen molar-refractivity contribution in [2.45, 2.75) is 12.4 Å². The molecular weight excluding hydrogens is 475 g/mol. The van der Waals surface area contributed by atoms with Crippen molar-refractivity contribution in [3.8, 4) is 5.82 Å².